The van der Waals surface area contributed by atoms with Crippen LogP contribution in [0.15, 0.2) is 12.1 Å². The molecule has 0 saturated carbocycles. The quantitative estimate of drug-likeness (QED) is 0.903. The van der Waals surface area contributed by atoms with Crippen molar-refractivity contribution in [3.63, 3.8) is 0 Å². The Hall–Kier alpha value is -2.24. The second-order valence-corrected chi connectivity index (χ2v) is 4.95. The van der Waals surface area contributed by atoms with Crippen molar-refractivity contribution < 1.29 is 8.78 Å². The third kappa shape index (κ3) is 3.26. The van der Waals surface area contributed by atoms with E-state index in [-0.39, 0.29) is 11.3 Å². The molecule has 2 rings (SSSR count). The number of rotatable bonds is 4. The molecular weight excluding hydrogens is 274 g/mol. The molecule has 1 aromatic heterocycles. The van der Waals surface area contributed by atoms with Crippen LogP contribution in [-0.2, 0) is 6.42 Å². The number of benzene rings is 1. The van der Waals surface area contributed by atoms with Crippen LogP contribution in [0.3, 0.4) is 0 Å². The zero-order valence-electron chi connectivity index (χ0n) is 12.3. The maximum Gasteiger partial charge on any atom is 0.147 e. The van der Waals surface area contributed by atoms with Gasteiger partial charge in [0.25, 0.3) is 0 Å². The fourth-order valence-corrected chi connectivity index (χ4v) is 1.91. The maximum atomic E-state index is 13.9. The van der Waals surface area contributed by atoms with Crippen molar-refractivity contribution in [1.82, 2.24) is 9.97 Å². The van der Waals surface area contributed by atoms with E-state index in [9.17, 15) is 8.78 Å². The monoisotopic (exact) mass is 292 g/mol. The Morgan fingerprint density at radius 3 is 2.52 bits per heavy atom. The minimum absolute atomic E-state index is 0.0294. The molecule has 1 heterocycles. The molecule has 0 bridgehead atoms. The van der Waals surface area contributed by atoms with Crippen LogP contribution >= 0.6 is 0 Å². The first-order chi connectivity index (χ1) is 9.92. The molecule has 0 unspecified atom stereocenters. The van der Waals surface area contributed by atoms with E-state index < -0.39 is 11.6 Å². The Kier molecular flexibility index (Phi) is 4.35. The molecule has 0 spiro atoms. The molecule has 2 aromatic rings. The van der Waals surface area contributed by atoms with Crippen molar-refractivity contribution in [2.45, 2.75) is 33.6 Å². The highest BCUT2D eigenvalue weighted by molar-refractivity contribution is 5.64. The van der Waals surface area contributed by atoms with Crippen molar-refractivity contribution in [2.24, 2.45) is 0 Å². The number of aromatic nitrogens is 2. The Balaban J connectivity index is 2.41. The highest BCUT2D eigenvalue weighted by atomic mass is 19.1. The molecular formula is C15H18F2N4. The van der Waals surface area contributed by atoms with Crippen LogP contribution in [0.25, 0.3) is 0 Å². The number of hydrogen-bond donors (Lipinski definition) is 2. The van der Waals surface area contributed by atoms with E-state index in [1.54, 1.807) is 6.92 Å². The number of nitrogens with two attached hydrogens (primary N) is 1. The second-order valence-electron chi connectivity index (χ2n) is 4.95. The minimum atomic E-state index is -0.539. The Morgan fingerprint density at radius 2 is 1.86 bits per heavy atom. The van der Waals surface area contributed by atoms with E-state index in [1.165, 1.54) is 6.92 Å². The zero-order valence-corrected chi connectivity index (χ0v) is 12.3. The smallest absolute Gasteiger partial charge is 0.147 e. The topological polar surface area (TPSA) is 63.8 Å². The lowest BCUT2D eigenvalue weighted by Gasteiger charge is -2.13. The fourth-order valence-electron chi connectivity index (χ4n) is 1.91. The van der Waals surface area contributed by atoms with Crippen molar-refractivity contribution in [3.05, 3.63) is 40.7 Å². The van der Waals surface area contributed by atoms with Crippen LogP contribution in [0, 0.1) is 25.5 Å². The lowest BCUT2D eigenvalue weighted by molar-refractivity contribution is 0.595. The van der Waals surface area contributed by atoms with Gasteiger partial charge in [0.15, 0.2) is 0 Å². The summed E-state index contributed by atoms with van der Waals surface area (Å²) >= 11 is 0. The first-order valence-corrected chi connectivity index (χ1v) is 6.78. The number of aryl methyl sites for hydroxylation is 2. The maximum absolute atomic E-state index is 13.9. The number of nitrogens with zero attached hydrogens (tertiary/aromatic N) is 2. The molecule has 0 amide bonds. The van der Waals surface area contributed by atoms with Gasteiger partial charge in [-0.1, -0.05) is 6.92 Å². The van der Waals surface area contributed by atoms with Gasteiger partial charge in [-0.2, -0.15) is 0 Å². The van der Waals surface area contributed by atoms with Gasteiger partial charge in [-0.05, 0) is 31.9 Å². The minimum Gasteiger partial charge on any atom is -0.383 e. The molecule has 21 heavy (non-hydrogen) atoms. The normalized spacial score (nSPS) is 10.7. The predicted molar refractivity (Wildman–Crippen MR) is 79.6 cm³/mol. The predicted octanol–water partition coefficient (Wildman–Crippen LogP) is 3.65. The third-order valence-corrected chi connectivity index (χ3v) is 3.20. The Morgan fingerprint density at radius 1 is 1.14 bits per heavy atom. The van der Waals surface area contributed by atoms with Crippen LogP contribution < -0.4 is 11.1 Å². The van der Waals surface area contributed by atoms with Crippen LogP contribution in [0.4, 0.5) is 26.1 Å². The number of nitrogens with one attached hydrogen (secondary N) is 1. The summed E-state index contributed by atoms with van der Waals surface area (Å²) in [7, 11) is 0. The second kappa shape index (κ2) is 6.03. The van der Waals surface area contributed by atoms with E-state index in [4.69, 9.17) is 5.73 Å². The average Bonchev–Trinajstić information content (AvgIpc) is 2.42. The molecule has 3 N–H and O–H groups in total. The van der Waals surface area contributed by atoms with Crippen molar-refractivity contribution >= 4 is 17.3 Å². The van der Waals surface area contributed by atoms with E-state index in [2.05, 4.69) is 15.3 Å². The largest absolute Gasteiger partial charge is 0.383 e. The molecule has 0 aliphatic carbocycles. The zero-order chi connectivity index (χ0) is 15.6. The SMILES string of the molecule is CCCc1nc(N)c(C)c(Nc2cc(F)c(C)cc2F)n1. The summed E-state index contributed by atoms with van der Waals surface area (Å²) < 4.78 is 27.5. The van der Waals surface area contributed by atoms with Gasteiger partial charge in [-0.25, -0.2) is 18.7 Å². The van der Waals surface area contributed by atoms with Crippen molar-refractivity contribution in [1.29, 1.82) is 0 Å². The summed E-state index contributed by atoms with van der Waals surface area (Å²) in [6.07, 6.45) is 1.54. The molecule has 0 aliphatic heterocycles. The molecule has 1 aromatic carbocycles. The highest BCUT2D eigenvalue weighted by Crippen LogP contribution is 2.25. The fraction of sp³-hybridized carbons (Fsp3) is 0.333. The molecule has 112 valence electrons. The van der Waals surface area contributed by atoms with Gasteiger partial charge >= 0.3 is 0 Å². The molecule has 0 radical (unpaired) electrons. The Labute approximate surface area is 122 Å². The van der Waals surface area contributed by atoms with Gasteiger partial charge < -0.3 is 11.1 Å². The van der Waals surface area contributed by atoms with Crippen molar-refractivity contribution in [3.8, 4) is 0 Å². The summed E-state index contributed by atoms with van der Waals surface area (Å²) in [5.41, 5.74) is 6.73. The summed E-state index contributed by atoms with van der Waals surface area (Å²) in [6, 6.07) is 2.26. The summed E-state index contributed by atoms with van der Waals surface area (Å²) in [5, 5.41) is 2.80. The molecule has 0 fully saturated rings. The van der Waals surface area contributed by atoms with Crippen LogP contribution in [-0.4, -0.2) is 9.97 Å². The van der Waals surface area contributed by atoms with Crippen LogP contribution in [0.1, 0.15) is 30.3 Å². The van der Waals surface area contributed by atoms with E-state index in [0.717, 1.165) is 18.6 Å². The molecule has 4 nitrogen and oxygen atoms in total. The number of nitrogen functional groups attached to an aromatic ring is 1. The lowest BCUT2D eigenvalue weighted by Crippen LogP contribution is -2.08. The van der Waals surface area contributed by atoms with Crippen molar-refractivity contribution in [2.75, 3.05) is 11.1 Å². The molecule has 6 heteroatoms. The van der Waals surface area contributed by atoms with E-state index in [1.807, 2.05) is 6.92 Å². The highest BCUT2D eigenvalue weighted by Gasteiger charge is 2.12. The third-order valence-electron chi connectivity index (χ3n) is 3.20. The molecule has 0 atom stereocenters. The first-order valence-electron chi connectivity index (χ1n) is 6.78. The van der Waals surface area contributed by atoms with Crippen LogP contribution in [0.5, 0.6) is 0 Å². The molecule has 0 saturated heterocycles. The summed E-state index contributed by atoms with van der Waals surface area (Å²) in [5.74, 6) is 0.294. The van der Waals surface area contributed by atoms with Gasteiger partial charge in [0.1, 0.15) is 29.1 Å². The van der Waals surface area contributed by atoms with Gasteiger partial charge in [0, 0.05) is 18.1 Å². The standard InChI is InChI=1S/C15H18F2N4/c1-4-5-13-20-14(18)9(3)15(21-13)19-12-7-10(16)8(2)6-11(12)17/h6-7H,4-5H2,1-3H3,(H3,18,19,20,21). The van der Waals surface area contributed by atoms with Crippen LogP contribution in [0.2, 0.25) is 0 Å². The first kappa shape index (κ1) is 15.2. The molecule has 0 aliphatic rings. The lowest BCUT2D eigenvalue weighted by atomic mass is 10.2. The van der Waals surface area contributed by atoms with Gasteiger partial charge in [-0.15, -0.1) is 0 Å². The van der Waals surface area contributed by atoms with E-state index >= 15 is 0 Å². The van der Waals surface area contributed by atoms with Gasteiger partial charge in [-0.3, -0.25) is 0 Å². The van der Waals surface area contributed by atoms with Gasteiger partial charge in [0.2, 0.25) is 0 Å². The number of hydrogen-bond acceptors (Lipinski definition) is 4. The number of anilines is 3. The average molecular weight is 292 g/mol. The summed E-state index contributed by atoms with van der Waals surface area (Å²) in [4.78, 5) is 8.50. The van der Waals surface area contributed by atoms with E-state index in [0.29, 0.717) is 29.4 Å². The Bertz CT molecular complexity index is 671. The van der Waals surface area contributed by atoms with Gasteiger partial charge in [0.05, 0.1) is 5.69 Å². The summed E-state index contributed by atoms with van der Waals surface area (Å²) in [6.45, 7) is 5.24. The number of halogens is 2.